The molecule has 0 bridgehead atoms. The van der Waals surface area contributed by atoms with E-state index >= 15 is 0 Å². The van der Waals surface area contributed by atoms with E-state index in [2.05, 4.69) is 10.3 Å². The summed E-state index contributed by atoms with van der Waals surface area (Å²) >= 11 is 0. The second-order valence-electron chi connectivity index (χ2n) is 6.60. The van der Waals surface area contributed by atoms with Crippen LogP contribution in [0.3, 0.4) is 0 Å². The molecule has 0 aliphatic carbocycles. The molecule has 1 amide bonds. The van der Waals surface area contributed by atoms with Crippen LogP contribution in [0.25, 0.3) is 11.0 Å². The number of hydrogen-bond acceptors (Lipinski definition) is 5. The highest BCUT2D eigenvalue weighted by Gasteiger charge is 2.24. The van der Waals surface area contributed by atoms with Gasteiger partial charge in [0.25, 0.3) is 5.91 Å². The topological polar surface area (TPSA) is 78.5 Å². The number of carbonyl (C=O) groups is 1. The molecule has 148 valence electrons. The highest BCUT2D eigenvalue weighted by molar-refractivity contribution is 5.96. The smallest absolute Gasteiger partial charge is 0.287 e. The van der Waals surface area contributed by atoms with Gasteiger partial charge in [-0.05, 0) is 29.8 Å². The maximum absolute atomic E-state index is 13.0. The van der Waals surface area contributed by atoms with E-state index in [1.54, 1.807) is 32.5 Å². The lowest BCUT2D eigenvalue weighted by molar-refractivity contribution is 0.0915. The van der Waals surface area contributed by atoms with E-state index in [1.807, 2.05) is 54.2 Å². The third kappa shape index (κ3) is 3.67. The number of nitrogens with one attached hydrogen (secondary N) is 1. The first-order valence-electron chi connectivity index (χ1n) is 9.08. The van der Waals surface area contributed by atoms with Crippen LogP contribution in [0.1, 0.15) is 28.0 Å². The van der Waals surface area contributed by atoms with E-state index < -0.39 is 6.04 Å². The number of imidazole rings is 1. The van der Waals surface area contributed by atoms with E-state index in [-0.39, 0.29) is 11.7 Å². The molecular formula is C22H21N3O4. The molecule has 0 aliphatic rings. The first-order chi connectivity index (χ1) is 14.1. The first-order valence-corrected chi connectivity index (χ1v) is 9.08. The SMILES string of the molecule is COc1cc(OC)cc(C(NC(=O)c2cc3ccccc3o2)c2nccn2C)c1. The van der Waals surface area contributed by atoms with Gasteiger partial charge in [0.15, 0.2) is 5.76 Å². The second kappa shape index (κ2) is 7.71. The van der Waals surface area contributed by atoms with Crippen molar-refractivity contribution in [2.24, 2.45) is 7.05 Å². The van der Waals surface area contributed by atoms with Gasteiger partial charge >= 0.3 is 0 Å². The second-order valence-corrected chi connectivity index (χ2v) is 6.60. The molecule has 7 nitrogen and oxygen atoms in total. The van der Waals surface area contributed by atoms with Crippen LogP contribution >= 0.6 is 0 Å². The lowest BCUT2D eigenvalue weighted by atomic mass is 10.0. The van der Waals surface area contributed by atoms with Gasteiger partial charge in [0.05, 0.1) is 14.2 Å². The van der Waals surface area contributed by atoms with Crippen LogP contribution in [0.2, 0.25) is 0 Å². The largest absolute Gasteiger partial charge is 0.497 e. The molecule has 2 heterocycles. The summed E-state index contributed by atoms with van der Waals surface area (Å²) in [6, 6.07) is 14.2. The summed E-state index contributed by atoms with van der Waals surface area (Å²) in [7, 11) is 5.04. The molecule has 2 aromatic heterocycles. The van der Waals surface area contributed by atoms with Crippen LogP contribution in [0.4, 0.5) is 0 Å². The van der Waals surface area contributed by atoms with E-state index in [0.717, 1.165) is 10.9 Å². The van der Waals surface area contributed by atoms with Crippen molar-refractivity contribution >= 4 is 16.9 Å². The van der Waals surface area contributed by atoms with Crippen LogP contribution in [0.5, 0.6) is 11.5 Å². The molecule has 0 spiro atoms. The third-order valence-corrected chi connectivity index (χ3v) is 4.75. The standard InChI is InChI=1S/C22H21N3O4/c1-25-9-8-23-21(25)20(15-10-16(27-2)13-17(11-15)28-3)24-22(26)19-12-14-6-4-5-7-18(14)29-19/h4-13,20H,1-3H3,(H,24,26). The van der Waals surface area contributed by atoms with Gasteiger partial charge < -0.3 is 23.8 Å². The summed E-state index contributed by atoms with van der Waals surface area (Å²) in [6.45, 7) is 0. The Hall–Kier alpha value is -3.74. The zero-order valence-corrected chi connectivity index (χ0v) is 16.4. The van der Waals surface area contributed by atoms with Crippen molar-refractivity contribution in [3.8, 4) is 11.5 Å². The van der Waals surface area contributed by atoms with Gasteiger partial charge in [-0.2, -0.15) is 0 Å². The summed E-state index contributed by atoms with van der Waals surface area (Å²) in [5, 5.41) is 3.90. The molecule has 1 unspecified atom stereocenters. The van der Waals surface area contributed by atoms with Crippen LogP contribution in [-0.4, -0.2) is 29.7 Å². The number of para-hydroxylation sites is 1. The number of ether oxygens (including phenoxy) is 2. The number of nitrogens with zero attached hydrogens (tertiary/aromatic N) is 2. The summed E-state index contributed by atoms with van der Waals surface area (Å²) in [5.41, 5.74) is 1.44. The summed E-state index contributed by atoms with van der Waals surface area (Å²) in [4.78, 5) is 17.4. The Morgan fingerprint density at radius 1 is 1.10 bits per heavy atom. The first kappa shape index (κ1) is 18.6. The number of carbonyl (C=O) groups excluding carboxylic acids is 1. The Morgan fingerprint density at radius 3 is 2.45 bits per heavy atom. The van der Waals surface area contributed by atoms with Crippen molar-refractivity contribution < 1.29 is 18.7 Å². The Balaban J connectivity index is 1.73. The van der Waals surface area contributed by atoms with E-state index in [4.69, 9.17) is 13.9 Å². The normalized spacial score (nSPS) is 12.0. The summed E-state index contributed by atoms with van der Waals surface area (Å²) in [6.07, 6.45) is 3.51. The lowest BCUT2D eigenvalue weighted by Gasteiger charge is -2.20. The fourth-order valence-corrected chi connectivity index (χ4v) is 3.24. The fraction of sp³-hybridized carbons (Fsp3) is 0.182. The number of furan rings is 1. The molecular weight excluding hydrogens is 370 g/mol. The predicted octanol–water partition coefficient (Wildman–Crippen LogP) is 3.70. The van der Waals surface area contributed by atoms with Gasteiger partial charge in [0.2, 0.25) is 0 Å². The Morgan fingerprint density at radius 2 is 1.83 bits per heavy atom. The molecule has 0 radical (unpaired) electrons. The van der Waals surface area contributed by atoms with Gasteiger partial charge in [0, 0.05) is 30.9 Å². The maximum atomic E-state index is 13.0. The highest BCUT2D eigenvalue weighted by Crippen LogP contribution is 2.30. The zero-order valence-electron chi connectivity index (χ0n) is 16.4. The van der Waals surface area contributed by atoms with Gasteiger partial charge in [-0.15, -0.1) is 0 Å². The molecule has 7 heteroatoms. The minimum atomic E-state index is -0.528. The summed E-state index contributed by atoms with van der Waals surface area (Å²) in [5.74, 6) is 1.81. The van der Waals surface area contributed by atoms with Gasteiger partial charge in [-0.25, -0.2) is 4.98 Å². The number of fused-ring (bicyclic) bond motifs is 1. The number of aryl methyl sites for hydroxylation is 1. The van der Waals surface area contributed by atoms with Crippen molar-refractivity contribution in [2.45, 2.75) is 6.04 Å². The highest BCUT2D eigenvalue weighted by atomic mass is 16.5. The predicted molar refractivity (Wildman–Crippen MR) is 108 cm³/mol. The Labute approximate surface area is 167 Å². The monoisotopic (exact) mass is 391 g/mol. The van der Waals surface area contributed by atoms with Gasteiger partial charge in [-0.3, -0.25) is 4.79 Å². The number of rotatable bonds is 6. The third-order valence-electron chi connectivity index (χ3n) is 4.75. The summed E-state index contributed by atoms with van der Waals surface area (Å²) < 4.78 is 18.3. The number of methoxy groups -OCH3 is 2. The van der Waals surface area contributed by atoms with E-state index in [1.165, 1.54) is 0 Å². The quantitative estimate of drug-likeness (QED) is 0.542. The minimum absolute atomic E-state index is 0.236. The minimum Gasteiger partial charge on any atom is -0.497 e. The molecule has 2 aromatic carbocycles. The average Bonchev–Trinajstić information content (AvgIpc) is 3.37. The number of amides is 1. The Bertz CT molecular complexity index is 1110. The van der Waals surface area contributed by atoms with Crippen LogP contribution in [0, 0.1) is 0 Å². The van der Waals surface area contributed by atoms with Crippen LogP contribution in [0.15, 0.2) is 65.3 Å². The zero-order chi connectivity index (χ0) is 20.4. The molecule has 29 heavy (non-hydrogen) atoms. The van der Waals surface area contributed by atoms with Crippen molar-refractivity contribution in [3.63, 3.8) is 0 Å². The molecule has 0 fully saturated rings. The van der Waals surface area contributed by atoms with Crippen molar-refractivity contribution in [1.29, 1.82) is 0 Å². The molecule has 1 N–H and O–H groups in total. The molecule has 0 aliphatic heterocycles. The van der Waals surface area contributed by atoms with Crippen molar-refractivity contribution in [2.75, 3.05) is 14.2 Å². The molecule has 4 aromatic rings. The van der Waals surface area contributed by atoms with Crippen LogP contribution in [-0.2, 0) is 7.05 Å². The van der Waals surface area contributed by atoms with E-state index in [9.17, 15) is 4.79 Å². The fourth-order valence-electron chi connectivity index (χ4n) is 3.24. The number of aromatic nitrogens is 2. The van der Waals surface area contributed by atoms with Crippen molar-refractivity contribution in [1.82, 2.24) is 14.9 Å². The number of benzene rings is 2. The van der Waals surface area contributed by atoms with E-state index in [0.29, 0.717) is 22.9 Å². The van der Waals surface area contributed by atoms with Crippen molar-refractivity contribution in [3.05, 3.63) is 78.1 Å². The maximum Gasteiger partial charge on any atom is 0.287 e. The Kier molecular flexibility index (Phi) is 4.95. The molecule has 4 rings (SSSR count). The average molecular weight is 391 g/mol. The van der Waals surface area contributed by atoms with Gasteiger partial charge in [0.1, 0.15) is 28.9 Å². The molecule has 0 saturated heterocycles. The number of hydrogen-bond donors (Lipinski definition) is 1. The van der Waals surface area contributed by atoms with Crippen LogP contribution < -0.4 is 14.8 Å². The lowest BCUT2D eigenvalue weighted by Crippen LogP contribution is -2.31. The van der Waals surface area contributed by atoms with Gasteiger partial charge in [-0.1, -0.05) is 18.2 Å². The molecule has 0 saturated carbocycles. The molecule has 1 atom stereocenters.